The molecule has 0 saturated carbocycles. The molecule has 1 aromatic carbocycles. The van der Waals surface area contributed by atoms with E-state index in [9.17, 15) is 0 Å². The number of rotatable bonds is 4. The lowest BCUT2D eigenvalue weighted by Crippen LogP contribution is -2.41. The van der Waals surface area contributed by atoms with Gasteiger partial charge in [0.2, 0.25) is 0 Å². The highest BCUT2D eigenvalue weighted by molar-refractivity contribution is 6.62. The molecule has 138 valence electrons. The average Bonchev–Trinajstić information content (AvgIpc) is 2.75. The zero-order valence-corrected chi connectivity index (χ0v) is 17.0. The van der Waals surface area contributed by atoms with Crippen LogP contribution < -0.4 is 11.2 Å². The number of benzene rings is 1. The van der Waals surface area contributed by atoms with Crippen LogP contribution in [0, 0.1) is 6.92 Å². The smallest absolute Gasteiger partial charge is 0.405 e. The molecule has 0 amide bonds. The van der Waals surface area contributed by atoms with E-state index in [-0.39, 0.29) is 18.3 Å². The summed E-state index contributed by atoms with van der Waals surface area (Å²) in [4.78, 5) is 0. The summed E-state index contributed by atoms with van der Waals surface area (Å²) in [6.45, 7) is 18.7. The van der Waals surface area contributed by atoms with Gasteiger partial charge in [0.1, 0.15) is 0 Å². The topological polar surface area (TPSA) is 44.5 Å². The van der Waals surface area contributed by atoms with E-state index in [0.717, 1.165) is 22.2 Å². The van der Waals surface area contributed by atoms with Gasteiger partial charge in [-0.1, -0.05) is 51.5 Å². The molecule has 1 heterocycles. The van der Waals surface area contributed by atoms with Gasteiger partial charge in [-0.25, -0.2) is 0 Å². The molecule has 1 saturated heterocycles. The molecule has 4 heteroatoms. The van der Waals surface area contributed by atoms with Crippen LogP contribution in [0.1, 0.15) is 65.5 Å². The van der Waals surface area contributed by atoms with Gasteiger partial charge in [-0.05, 0) is 69.1 Å². The van der Waals surface area contributed by atoms with Crippen molar-refractivity contribution in [1.29, 1.82) is 0 Å². The first-order valence-electron chi connectivity index (χ1n) is 9.13. The number of hydrogen-bond donors (Lipinski definition) is 1. The Balaban J connectivity index is 0.000000705. The molecule has 2 rings (SSSR count). The highest BCUT2D eigenvalue weighted by Gasteiger charge is 2.51. The SMILES string of the molecule is C=C(/C=C\N)c1ccc(B2OC(C)(C)C(C)(C)O2)cc1C.CCCC. The maximum atomic E-state index is 6.07. The van der Waals surface area contributed by atoms with E-state index in [2.05, 4.69) is 61.1 Å². The van der Waals surface area contributed by atoms with Gasteiger partial charge >= 0.3 is 7.12 Å². The quantitative estimate of drug-likeness (QED) is 0.643. The van der Waals surface area contributed by atoms with Gasteiger partial charge in [0.15, 0.2) is 0 Å². The third kappa shape index (κ3) is 5.23. The lowest BCUT2D eigenvalue weighted by molar-refractivity contribution is 0.00578. The van der Waals surface area contributed by atoms with Crippen molar-refractivity contribution in [3.05, 3.63) is 48.2 Å². The standard InChI is InChI=1S/C17H24BNO2.C4H10/c1-12(9-10-19)15-8-7-14(11-13(15)2)18-20-16(3,4)17(5,6)21-18;1-3-4-2/h7-11H,1,19H2,2-6H3;3-4H2,1-2H3/b10-9-;. The molecule has 0 unspecified atom stereocenters. The van der Waals surface area contributed by atoms with E-state index in [0.29, 0.717) is 0 Å². The Bertz CT molecular complexity index is 602. The third-order valence-electron chi connectivity index (χ3n) is 4.92. The first kappa shape index (κ1) is 21.5. The fourth-order valence-electron chi connectivity index (χ4n) is 2.38. The minimum absolute atomic E-state index is 0.323. The van der Waals surface area contributed by atoms with E-state index in [1.807, 2.05) is 12.1 Å². The van der Waals surface area contributed by atoms with Crippen LogP contribution in [0.5, 0.6) is 0 Å². The van der Waals surface area contributed by atoms with Gasteiger partial charge in [0.05, 0.1) is 11.2 Å². The molecule has 0 spiro atoms. The Hall–Kier alpha value is -1.52. The van der Waals surface area contributed by atoms with Crippen LogP contribution in [-0.2, 0) is 9.31 Å². The number of nitrogens with two attached hydrogens (primary N) is 1. The summed E-state index contributed by atoms with van der Waals surface area (Å²) in [6, 6.07) is 6.16. The largest absolute Gasteiger partial charge is 0.494 e. The Morgan fingerprint density at radius 2 is 1.64 bits per heavy atom. The van der Waals surface area contributed by atoms with Crippen molar-refractivity contribution in [3.63, 3.8) is 0 Å². The number of hydrogen-bond acceptors (Lipinski definition) is 3. The fourth-order valence-corrected chi connectivity index (χ4v) is 2.38. The van der Waals surface area contributed by atoms with Crippen molar-refractivity contribution in [2.24, 2.45) is 5.73 Å². The van der Waals surface area contributed by atoms with E-state index in [1.165, 1.54) is 19.0 Å². The van der Waals surface area contributed by atoms with Crippen LogP contribution in [-0.4, -0.2) is 18.3 Å². The lowest BCUT2D eigenvalue weighted by Gasteiger charge is -2.32. The highest BCUT2D eigenvalue weighted by atomic mass is 16.7. The van der Waals surface area contributed by atoms with Gasteiger partial charge in [0.25, 0.3) is 0 Å². The second-order valence-corrected chi connectivity index (χ2v) is 7.55. The molecule has 0 aliphatic carbocycles. The first-order valence-corrected chi connectivity index (χ1v) is 9.13. The van der Waals surface area contributed by atoms with E-state index in [4.69, 9.17) is 15.0 Å². The summed E-state index contributed by atoms with van der Waals surface area (Å²) in [5, 5.41) is 0. The molecule has 1 aromatic rings. The number of aryl methyl sites for hydroxylation is 1. The van der Waals surface area contributed by atoms with Crippen molar-refractivity contribution >= 4 is 18.2 Å². The zero-order chi connectivity index (χ0) is 19.3. The summed E-state index contributed by atoms with van der Waals surface area (Å²) in [7, 11) is -0.332. The molecule has 3 nitrogen and oxygen atoms in total. The summed E-state index contributed by atoms with van der Waals surface area (Å²) >= 11 is 0. The van der Waals surface area contributed by atoms with E-state index in [1.54, 1.807) is 6.08 Å². The maximum Gasteiger partial charge on any atom is 0.494 e. The van der Waals surface area contributed by atoms with Crippen molar-refractivity contribution in [1.82, 2.24) is 0 Å². The molecular formula is C21H34BNO2. The molecule has 2 N–H and O–H groups in total. The summed E-state index contributed by atoms with van der Waals surface area (Å²) in [5.74, 6) is 0. The molecule has 1 fully saturated rings. The van der Waals surface area contributed by atoms with E-state index < -0.39 is 0 Å². The molecule has 0 radical (unpaired) electrons. The van der Waals surface area contributed by atoms with Crippen molar-refractivity contribution in [2.75, 3.05) is 0 Å². The second kappa shape index (κ2) is 8.73. The van der Waals surface area contributed by atoms with E-state index >= 15 is 0 Å². The number of allylic oxidation sites excluding steroid dienone is 2. The molecule has 0 bridgehead atoms. The Morgan fingerprint density at radius 1 is 1.12 bits per heavy atom. The Labute approximate surface area is 154 Å². The zero-order valence-electron chi connectivity index (χ0n) is 17.0. The van der Waals surface area contributed by atoms with Gasteiger partial charge in [-0.2, -0.15) is 0 Å². The minimum atomic E-state index is -0.332. The molecular weight excluding hydrogens is 309 g/mol. The molecule has 1 aliphatic rings. The maximum absolute atomic E-state index is 6.07. The van der Waals surface area contributed by atoms with Crippen LogP contribution in [0.2, 0.25) is 0 Å². The van der Waals surface area contributed by atoms with Crippen LogP contribution in [0.25, 0.3) is 5.57 Å². The highest BCUT2D eigenvalue weighted by Crippen LogP contribution is 2.36. The predicted molar refractivity (Wildman–Crippen MR) is 110 cm³/mol. The predicted octanol–water partition coefficient (Wildman–Crippen LogP) is 4.59. The summed E-state index contributed by atoms with van der Waals surface area (Å²) < 4.78 is 12.1. The Kier molecular flexibility index (Phi) is 7.52. The number of unbranched alkanes of at least 4 members (excludes halogenated alkanes) is 1. The van der Waals surface area contributed by atoms with Crippen molar-refractivity contribution in [3.8, 4) is 0 Å². The molecule has 25 heavy (non-hydrogen) atoms. The van der Waals surface area contributed by atoms with Crippen molar-refractivity contribution in [2.45, 2.75) is 72.5 Å². The molecule has 0 atom stereocenters. The first-order chi connectivity index (χ1) is 11.6. The lowest BCUT2D eigenvalue weighted by atomic mass is 9.77. The van der Waals surface area contributed by atoms with Gasteiger partial charge in [0, 0.05) is 0 Å². The van der Waals surface area contributed by atoms with Crippen LogP contribution in [0.3, 0.4) is 0 Å². The monoisotopic (exact) mass is 343 g/mol. The van der Waals surface area contributed by atoms with Gasteiger partial charge < -0.3 is 15.0 Å². The summed E-state index contributed by atoms with van der Waals surface area (Å²) in [5.41, 5.74) is 8.91. The van der Waals surface area contributed by atoms with Crippen LogP contribution >= 0.6 is 0 Å². The molecule has 1 aliphatic heterocycles. The van der Waals surface area contributed by atoms with Crippen LogP contribution in [0.15, 0.2) is 37.1 Å². The van der Waals surface area contributed by atoms with Crippen LogP contribution in [0.4, 0.5) is 0 Å². The van der Waals surface area contributed by atoms with Gasteiger partial charge in [-0.3, -0.25) is 0 Å². The molecule has 0 aromatic heterocycles. The fraction of sp³-hybridized carbons (Fsp3) is 0.524. The Morgan fingerprint density at radius 3 is 2.04 bits per heavy atom. The second-order valence-electron chi connectivity index (χ2n) is 7.55. The summed E-state index contributed by atoms with van der Waals surface area (Å²) in [6.07, 6.45) is 5.95. The average molecular weight is 343 g/mol. The minimum Gasteiger partial charge on any atom is -0.405 e. The normalized spacial score (nSPS) is 18.1. The van der Waals surface area contributed by atoms with Crippen molar-refractivity contribution < 1.29 is 9.31 Å². The van der Waals surface area contributed by atoms with Gasteiger partial charge in [-0.15, -0.1) is 0 Å². The third-order valence-corrected chi connectivity index (χ3v) is 4.92.